The number of nitrogens with two attached hydrogens (primary N) is 1. The van der Waals surface area contributed by atoms with Crippen molar-refractivity contribution in [2.75, 3.05) is 18.5 Å². The largest absolute Gasteiger partial charge is 0.367 e. The third kappa shape index (κ3) is 2.05. The number of nitrogens with zero attached hydrogens (tertiary/aromatic N) is 2. The van der Waals surface area contributed by atoms with Crippen LogP contribution in [0.3, 0.4) is 0 Å². The van der Waals surface area contributed by atoms with Crippen molar-refractivity contribution >= 4 is 17.3 Å². The summed E-state index contributed by atoms with van der Waals surface area (Å²) in [4.78, 5) is 13.3. The van der Waals surface area contributed by atoms with Gasteiger partial charge in [0, 0.05) is 19.6 Å². The molecule has 1 aromatic rings. The maximum atomic E-state index is 11.3. The second-order valence-electron chi connectivity index (χ2n) is 4.15. The Morgan fingerprint density at radius 2 is 2.44 bits per heavy atom. The minimum absolute atomic E-state index is 0.177. The Kier molecular flexibility index (Phi) is 3.16. The molecule has 0 radical (unpaired) electrons. The topological polar surface area (TPSA) is 75.0 Å². The van der Waals surface area contributed by atoms with E-state index in [0.717, 1.165) is 0 Å². The molecule has 1 saturated carbocycles. The Labute approximate surface area is 98.6 Å². The Morgan fingerprint density at radius 1 is 1.75 bits per heavy atom. The van der Waals surface area contributed by atoms with Crippen molar-refractivity contribution in [3.63, 3.8) is 0 Å². The molecule has 1 unspecified atom stereocenters. The van der Waals surface area contributed by atoms with E-state index in [1.54, 1.807) is 6.20 Å². The Hall–Kier alpha value is -1.07. The lowest BCUT2D eigenvalue weighted by Crippen LogP contribution is -2.40. The molecule has 0 spiro atoms. The molecule has 1 aliphatic rings. The van der Waals surface area contributed by atoms with Crippen LogP contribution < -0.4 is 16.2 Å². The highest BCUT2D eigenvalue weighted by Gasteiger charge is 2.33. The standard InChI is InChI=1S/C10H15ClN4O/c1-15(7(4-12)6-2-3-6)8-5-13-14-10(16)9(8)11/h5-7H,2-4,12H2,1H3,(H,14,16). The van der Waals surface area contributed by atoms with Crippen LogP contribution in [0.25, 0.3) is 0 Å². The number of H-pyrrole nitrogens is 1. The monoisotopic (exact) mass is 242 g/mol. The highest BCUT2D eigenvalue weighted by atomic mass is 35.5. The first kappa shape index (κ1) is 11.4. The van der Waals surface area contributed by atoms with Gasteiger partial charge >= 0.3 is 0 Å². The van der Waals surface area contributed by atoms with Gasteiger partial charge in [-0.15, -0.1) is 0 Å². The van der Waals surface area contributed by atoms with Gasteiger partial charge in [0.1, 0.15) is 5.02 Å². The fourth-order valence-electron chi connectivity index (χ4n) is 1.95. The molecule has 1 heterocycles. The molecule has 1 aromatic heterocycles. The number of hydrogen-bond donors (Lipinski definition) is 2. The molecule has 2 rings (SSSR count). The first-order chi connectivity index (χ1) is 7.65. The van der Waals surface area contributed by atoms with Crippen LogP contribution in [0.1, 0.15) is 12.8 Å². The predicted molar refractivity (Wildman–Crippen MR) is 63.8 cm³/mol. The second-order valence-corrected chi connectivity index (χ2v) is 4.53. The molecule has 1 atom stereocenters. The number of rotatable bonds is 4. The van der Waals surface area contributed by atoms with E-state index in [-0.39, 0.29) is 16.6 Å². The summed E-state index contributed by atoms with van der Waals surface area (Å²) in [5, 5.41) is 6.24. The number of aromatic amines is 1. The zero-order chi connectivity index (χ0) is 11.7. The van der Waals surface area contributed by atoms with Crippen LogP contribution in [-0.4, -0.2) is 29.8 Å². The minimum atomic E-state index is -0.363. The number of likely N-dealkylation sites (N-methyl/N-ethyl adjacent to an activating group) is 1. The normalized spacial score (nSPS) is 17.2. The Balaban J connectivity index is 2.28. The molecule has 6 heteroatoms. The molecule has 16 heavy (non-hydrogen) atoms. The van der Waals surface area contributed by atoms with Crippen molar-refractivity contribution in [3.05, 3.63) is 21.6 Å². The van der Waals surface area contributed by atoms with E-state index in [9.17, 15) is 4.79 Å². The molecule has 0 saturated heterocycles. The number of halogens is 1. The van der Waals surface area contributed by atoms with Crippen LogP contribution in [0.5, 0.6) is 0 Å². The van der Waals surface area contributed by atoms with Gasteiger partial charge < -0.3 is 10.6 Å². The van der Waals surface area contributed by atoms with Crippen LogP contribution in [0.4, 0.5) is 5.69 Å². The fourth-order valence-corrected chi connectivity index (χ4v) is 2.17. The summed E-state index contributed by atoms with van der Waals surface area (Å²) in [6, 6.07) is 0.237. The van der Waals surface area contributed by atoms with Crippen LogP contribution >= 0.6 is 11.6 Å². The van der Waals surface area contributed by atoms with Gasteiger partial charge in [0.25, 0.3) is 5.56 Å². The van der Waals surface area contributed by atoms with E-state index in [2.05, 4.69) is 10.2 Å². The Morgan fingerprint density at radius 3 is 3.00 bits per heavy atom. The quantitative estimate of drug-likeness (QED) is 0.811. The summed E-state index contributed by atoms with van der Waals surface area (Å²) < 4.78 is 0. The van der Waals surface area contributed by atoms with Crippen LogP contribution in [0.2, 0.25) is 5.02 Å². The van der Waals surface area contributed by atoms with Crippen molar-refractivity contribution in [2.45, 2.75) is 18.9 Å². The number of aromatic nitrogens is 2. The molecule has 0 aromatic carbocycles. The average Bonchev–Trinajstić information content (AvgIpc) is 3.07. The molecule has 0 aliphatic heterocycles. The average molecular weight is 243 g/mol. The molecular formula is C10H15ClN4O. The van der Waals surface area contributed by atoms with Gasteiger partial charge in [-0.25, -0.2) is 5.10 Å². The third-order valence-corrected chi connectivity index (χ3v) is 3.43. The van der Waals surface area contributed by atoms with Gasteiger partial charge in [0.2, 0.25) is 0 Å². The van der Waals surface area contributed by atoms with Crippen molar-refractivity contribution < 1.29 is 0 Å². The molecule has 88 valence electrons. The van der Waals surface area contributed by atoms with Gasteiger partial charge in [-0.05, 0) is 18.8 Å². The van der Waals surface area contributed by atoms with E-state index in [1.807, 2.05) is 11.9 Å². The van der Waals surface area contributed by atoms with Crippen molar-refractivity contribution in [1.29, 1.82) is 0 Å². The second kappa shape index (κ2) is 4.43. The van der Waals surface area contributed by atoms with Crippen molar-refractivity contribution in [1.82, 2.24) is 10.2 Å². The number of nitrogens with one attached hydrogen (secondary N) is 1. The molecule has 5 nitrogen and oxygen atoms in total. The number of hydrogen-bond acceptors (Lipinski definition) is 4. The van der Waals surface area contributed by atoms with Crippen LogP contribution in [0.15, 0.2) is 11.0 Å². The lowest BCUT2D eigenvalue weighted by atomic mass is 10.1. The summed E-state index contributed by atoms with van der Waals surface area (Å²) in [6.45, 7) is 0.560. The fraction of sp³-hybridized carbons (Fsp3) is 0.600. The van der Waals surface area contributed by atoms with E-state index < -0.39 is 0 Å². The molecular weight excluding hydrogens is 228 g/mol. The Bertz CT molecular complexity index is 429. The summed E-state index contributed by atoms with van der Waals surface area (Å²) in [5.41, 5.74) is 6.03. The van der Waals surface area contributed by atoms with Gasteiger partial charge in [-0.2, -0.15) is 5.10 Å². The first-order valence-electron chi connectivity index (χ1n) is 5.31. The van der Waals surface area contributed by atoms with Crippen molar-refractivity contribution in [3.8, 4) is 0 Å². The summed E-state index contributed by atoms with van der Waals surface area (Å²) in [5.74, 6) is 0.616. The maximum Gasteiger partial charge on any atom is 0.285 e. The molecule has 0 amide bonds. The lowest BCUT2D eigenvalue weighted by Gasteiger charge is -2.29. The van der Waals surface area contributed by atoms with Gasteiger partial charge in [0.05, 0.1) is 11.9 Å². The van der Waals surface area contributed by atoms with Gasteiger partial charge in [0.15, 0.2) is 0 Å². The summed E-state index contributed by atoms with van der Waals surface area (Å²) in [7, 11) is 1.90. The van der Waals surface area contributed by atoms with E-state index in [4.69, 9.17) is 17.3 Å². The SMILES string of the molecule is CN(c1cn[nH]c(=O)c1Cl)C(CN)C1CC1. The van der Waals surface area contributed by atoms with E-state index in [1.165, 1.54) is 12.8 Å². The minimum Gasteiger partial charge on any atom is -0.367 e. The van der Waals surface area contributed by atoms with Crippen molar-refractivity contribution in [2.24, 2.45) is 11.7 Å². The van der Waals surface area contributed by atoms with Gasteiger partial charge in [-0.1, -0.05) is 11.6 Å². The number of anilines is 1. The summed E-state index contributed by atoms with van der Waals surface area (Å²) >= 11 is 5.95. The lowest BCUT2D eigenvalue weighted by molar-refractivity contribution is 0.569. The zero-order valence-corrected chi connectivity index (χ0v) is 9.87. The maximum absolute atomic E-state index is 11.3. The van der Waals surface area contributed by atoms with Crippen LogP contribution in [-0.2, 0) is 0 Å². The van der Waals surface area contributed by atoms with Gasteiger partial charge in [-0.3, -0.25) is 4.79 Å². The third-order valence-electron chi connectivity index (χ3n) is 3.06. The molecule has 0 bridgehead atoms. The highest BCUT2D eigenvalue weighted by molar-refractivity contribution is 6.32. The van der Waals surface area contributed by atoms with E-state index in [0.29, 0.717) is 18.2 Å². The molecule has 1 fully saturated rings. The molecule has 3 N–H and O–H groups in total. The van der Waals surface area contributed by atoms with E-state index >= 15 is 0 Å². The van der Waals surface area contributed by atoms with Crippen LogP contribution in [0, 0.1) is 5.92 Å². The summed E-state index contributed by atoms with van der Waals surface area (Å²) in [6.07, 6.45) is 3.95. The smallest absolute Gasteiger partial charge is 0.285 e. The zero-order valence-electron chi connectivity index (χ0n) is 9.11. The highest BCUT2D eigenvalue weighted by Crippen LogP contribution is 2.36. The first-order valence-corrected chi connectivity index (χ1v) is 5.69. The predicted octanol–water partition coefficient (Wildman–Crippen LogP) is 0.597. The molecule has 1 aliphatic carbocycles.